The fourth-order valence-electron chi connectivity index (χ4n) is 0.713. The summed E-state index contributed by atoms with van der Waals surface area (Å²) < 4.78 is 1.70. The van der Waals surface area contributed by atoms with Gasteiger partial charge < -0.3 is 9.67 Å². The molecule has 0 fully saturated rings. The number of carbonyl (C=O) groups is 1. The molecule has 0 saturated heterocycles. The van der Waals surface area contributed by atoms with Crippen LogP contribution < -0.4 is 0 Å². The molecule has 1 aromatic rings. The Hall–Kier alpha value is -1.51. The number of nitrogens with zero attached hydrogens (tertiary/aromatic N) is 1. The van der Waals surface area contributed by atoms with Gasteiger partial charge in [0.25, 0.3) is 0 Å². The van der Waals surface area contributed by atoms with E-state index in [1.807, 2.05) is 12.1 Å². The second kappa shape index (κ2) is 3.05. The molecule has 0 aromatic carbocycles. The predicted octanol–water partition coefficient (Wildman–Crippen LogP) is 1.43. The van der Waals surface area contributed by atoms with E-state index in [1.165, 1.54) is 0 Å². The number of carboxylic acids is 1. The smallest absolute Gasteiger partial charge is 0.332 e. The minimum absolute atomic E-state index is 0.321. The Bertz CT molecular complexity index is 272. The second-order valence-electron chi connectivity index (χ2n) is 2.25. The monoisotopic (exact) mass is 151 g/mol. The van der Waals surface area contributed by atoms with Gasteiger partial charge in [-0.05, 0) is 19.1 Å². The zero-order valence-corrected chi connectivity index (χ0v) is 6.19. The van der Waals surface area contributed by atoms with Crippen molar-refractivity contribution < 1.29 is 9.90 Å². The van der Waals surface area contributed by atoms with Crippen LogP contribution in [0.3, 0.4) is 0 Å². The maximum Gasteiger partial charge on any atom is 0.332 e. The molecular formula is C8H9NO2. The molecule has 0 atom stereocenters. The quantitative estimate of drug-likeness (QED) is 0.650. The number of aromatic nitrogens is 1. The minimum atomic E-state index is -0.890. The molecule has 0 aliphatic carbocycles. The van der Waals surface area contributed by atoms with Crippen LogP contribution in [0.25, 0.3) is 6.20 Å². The summed E-state index contributed by atoms with van der Waals surface area (Å²) in [5.74, 6) is -0.890. The molecule has 58 valence electrons. The molecule has 0 spiro atoms. The van der Waals surface area contributed by atoms with Gasteiger partial charge >= 0.3 is 5.97 Å². The van der Waals surface area contributed by atoms with Crippen molar-refractivity contribution in [3.05, 3.63) is 30.1 Å². The summed E-state index contributed by atoms with van der Waals surface area (Å²) in [5.41, 5.74) is 0.321. The van der Waals surface area contributed by atoms with Crippen LogP contribution in [0.5, 0.6) is 0 Å². The van der Waals surface area contributed by atoms with Crippen LogP contribution in [0, 0.1) is 0 Å². The zero-order chi connectivity index (χ0) is 8.27. The Kier molecular flexibility index (Phi) is 2.11. The Labute approximate surface area is 64.6 Å². The summed E-state index contributed by atoms with van der Waals surface area (Å²) in [4.78, 5) is 10.3. The first-order valence-corrected chi connectivity index (χ1v) is 3.24. The Morgan fingerprint density at radius 3 is 2.45 bits per heavy atom. The lowest BCUT2D eigenvalue weighted by molar-refractivity contribution is -0.132. The first kappa shape index (κ1) is 7.60. The molecule has 0 radical (unpaired) electrons. The molecule has 0 amide bonds. The van der Waals surface area contributed by atoms with Gasteiger partial charge in [0.1, 0.15) is 0 Å². The molecule has 0 bridgehead atoms. The minimum Gasteiger partial charge on any atom is -0.478 e. The van der Waals surface area contributed by atoms with Crippen LogP contribution in [0.15, 0.2) is 30.1 Å². The van der Waals surface area contributed by atoms with Crippen LogP contribution in [0.1, 0.15) is 6.92 Å². The van der Waals surface area contributed by atoms with Crippen LogP contribution in [0.2, 0.25) is 0 Å². The summed E-state index contributed by atoms with van der Waals surface area (Å²) in [6.45, 7) is 1.56. The summed E-state index contributed by atoms with van der Waals surface area (Å²) in [6.07, 6.45) is 5.13. The highest BCUT2D eigenvalue weighted by molar-refractivity contribution is 5.89. The van der Waals surface area contributed by atoms with Crippen molar-refractivity contribution in [2.45, 2.75) is 6.92 Å². The predicted molar refractivity (Wildman–Crippen MR) is 42.0 cm³/mol. The topological polar surface area (TPSA) is 42.2 Å². The Morgan fingerprint density at radius 2 is 2.00 bits per heavy atom. The van der Waals surface area contributed by atoms with Gasteiger partial charge in [0.15, 0.2) is 0 Å². The molecule has 0 unspecified atom stereocenters. The second-order valence-corrected chi connectivity index (χ2v) is 2.25. The highest BCUT2D eigenvalue weighted by atomic mass is 16.4. The van der Waals surface area contributed by atoms with Crippen LogP contribution >= 0.6 is 0 Å². The molecule has 1 aromatic heterocycles. The molecule has 1 N–H and O–H groups in total. The van der Waals surface area contributed by atoms with E-state index in [4.69, 9.17) is 5.11 Å². The third-order valence-electron chi connectivity index (χ3n) is 1.31. The lowest BCUT2D eigenvalue weighted by Gasteiger charge is -1.93. The van der Waals surface area contributed by atoms with Crippen molar-refractivity contribution in [1.82, 2.24) is 4.57 Å². The average molecular weight is 151 g/mol. The molecular weight excluding hydrogens is 142 g/mol. The van der Waals surface area contributed by atoms with Crippen molar-refractivity contribution in [2.24, 2.45) is 0 Å². The maximum absolute atomic E-state index is 10.3. The van der Waals surface area contributed by atoms with Crippen LogP contribution in [-0.4, -0.2) is 15.6 Å². The maximum atomic E-state index is 10.3. The van der Waals surface area contributed by atoms with Crippen molar-refractivity contribution in [2.75, 3.05) is 0 Å². The molecule has 1 heterocycles. The van der Waals surface area contributed by atoms with E-state index in [0.29, 0.717) is 5.57 Å². The van der Waals surface area contributed by atoms with Gasteiger partial charge in [0.2, 0.25) is 0 Å². The molecule has 0 aliphatic rings. The molecule has 11 heavy (non-hydrogen) atoms. The van der Waals surface area contributed by atoms with E-state index in [-0.39, 0.29) is 0 Å². The highest BCUT2D eigenvalue weighted by Gasteiger charge is 1.97. The Balaban J connectivity index is 2.82. The Morgan fingerprint density at radius 1 is 1.45 bits per heavy atom. The summed E-state index contributed by atoms with van der Waals surface area (Å²) >= 11 is 0. The van der Waals surface area contributed by atoms with Gasteiger partial charge in [0, 0.05) is 18.6 Å². The van der Waals surface area contributed by atoms with E-state index in [0.717, 1.165) is 0 Å². The SMILES string of the molecule is CC(=Cn1cccc1)C(=O)O. The van der Waals surface area contributed by atoms with Crippen LogP contribution in [-0.2, 0) is 4.79 Å². The van der Waals surface area contributed by atoms with Crippen molar-refractivity contribution in [1.29, 1.82) is 0 Å². The fourth-order valence-corrected chi connectivity index (χ4v) is 0.713. The molecule has 0 aliphatic heterocycles. The van der Waals surface area contributed by atoms with E-state index in [1.54, 1.807) is 30.1 Å². The molecule has 1 rings (SSSR count). The zero-order valence-electron chi connectivity index (χ0n) is 6.19. The fraction of sp³-hybridized carbons (Fsp3) is 0.125. The first-order valence-electron chi connectivity index (χ1n) is 3.24. The third-order valence-corrected chi connectivity index (χ3v) is 1.31. The average Bonchev–Trinajstić information content (AvgIpc) is 2.39. The molecule has 3 nitrogen and oxygen atoms in total. The summed E-state index contributed by atoms with van der Waals surface area (Å²) in [6, 6.07) is 3.68. The van der Waals surface area contributed by atoms with Gasteiger partial charge in [-0.1, -0.05) is 0 Å². The van der Waals surface area contributed by atoms with E-state index < -0.39 is 5.97 Å². The number of hydrogen-bond donors (Lipinski definition) is 1. The molecule has 0 saturated carbocycles. The van der Waals surface area contributed by atoms with Crippen LogP contribution in [0.4, 0.5) is 0 Å². The van der Waals surface area contributed by atoms with Gasteiger partial charge in [-0.15, -0.1) is 0 Å². The largest absolute Gasteiger partial charge is 0.478 e. The lowest BCUT2D eigenvalue weighted by atomic mass is 10.3. The third kappa shape index (κ3) is 1.97. The van der Waals surface area contributed by atoms with E-state index in [9.17, 15) is 4.79 Å². The van der Waals surface area contributed by atoms with Gasteiger partial charge in [-0.3, -0.25) is 0 Å². The van der Waals surface area contributed by atoms with E-state index >= 15 is 0 Å². The highest BCUT2D eigenvalue weighted by Crippen LogP contribution is 1.97. The number of hydrogen-bond acceptors (Lipinski definition) is 1. The van der Waals surface area contributed by atoms with Gasteiger partial charge in [-0.25, -0.2) is 4.79 Å². The lowest BCUT2D eigenvalue weighted by Crippen LogP contribution is -1.97. The summed E-state index contributed by atoms with van der Waals surface area (Å²) in [7, 11) is 0. The standard InChI is InChI=1S/C8H9NO2/c1-7(8(10)11)6-9-4-2-3-5-9/h2-6H,1H3,(H,10,11). The number of carboxylic acid groups (broad SMARTS) is 1. The van der Waals surface area contributed by atoms with Gasteiger partial charge in [-0.2, -0.15) is 0 Å². The summed E-state index contributed by atoms with van der Waals surface area (Å²) in [5, 5.41) is 8.50. The number of aliphatic carboxylic acids is 1. The first-order chi connectivity index (χ1) is 5.20. The van der Waals surface area contributed by atoms with Crippen molar-refractivity contribution in [3.8, 4) is 0 Å². The van der Waals surface area contributed by atoms with Gasteiger partial charge in [0.05, 0.1) is 5.57 Å². The normalized spacial score (nSPS) is 11.5. The number of rotatable bonds is 2. The van der Waals surface area contributed by atoms with Crippen molar-refractivity contribution >= 4 is 12.2 Å². The van der Waals surface area contributed by atoms with E-state index in [2.05, 4.69) is 0 Å². The van der Waals surface area contributed by atoms with Crippen molar-refractivity contribution in [3.63, 3.8) is 0 Å². The molecule has 3 heteroatoms.